The first-order chi connectivity index (χ1) is 14.8. The molecular weight excluding hydrogens is 433 g/mol. The summed E-state index contributed by atoms with van der Waals surface area (Å²) in [7, 11) is -0.569. The van der Waals surface area contributed by atoms with E-state index in [1.54, 1.807) is 0 Å². The predicted molar refractivity (Wildman–Crippen MR) is 109 cm³/mol. The zero-order valence-electron chi connectivity index (χ0n) is 16.5. The fourth-order valence-corrected chi connectivity index (χ4v) is 2.57. The van der Waals surface area contributed by atoms with E-state index in [1.807, 2.05) is 0 Å². The average molecular weight is 455 g/mol. The van der Waals surface area contributed by atoms with Crippen LogP contribution in [0.2, 0.25) is 5.02 Å². The number of nitrogens with zero attached hydrogens (tertiary/aromatic N) is 2. The Hall–Kier alpha value is -2.80. The Balaban J connectivity index is 1.94. The maximum absolute atomic E-state index is 13.4. The number of hydrogen-bond donors (Lipinski definition) is 4. The van der Waals surface area contributed by atoms with E-state index in [9.17, 15) is 24.0 Å². The van der Waals surface area contributed by atoms with Crippen LogP contribution >= 0.6 is 11.6 Å². The van der Waals surface area contributed by atoms with Gasteiger partial charge in [0.2, 0.25) is 5.91 Å². The molecule has 0 aliphatic rings. The molecule has 31 heavy (non-hydrogen) atoms. The van der Waals surface area contributed by atoms with Gasteiger partial charge in [0.05, 0.1) is 30.4 Å². The quantitative estimate of drug-likeness (QED) is 0.347. The highest BCUT2D eigenvalue weighted by Crippen LogP contribution is 2.20. The van der Waals surface area contributed by atoms with Crippen molar-refractivity contribution in [3.05, 3.63) is 53.3 Å². The van der Waals surface area contributed by atoms with Gasteiger partial charge in [0.25, 0.3) is 5.91 Å². The van der Waals surface area contributed by atoms with Crippen LogP contribution in [0, 0.1) is 5.82 Å². The molecule has 13 heteroatoms. The van der Waals surface area contributed by atoms with E-state index in [0.717, 1.165) is 6.07 Å². The van der Waals surface area contributed by atoms with E-state index in [2.05, 4.69) is 20.6 Å². The molecule has 0 fully saturated rings. The van der Waals surface area contributed by atoms with Crippen LogP contribution in [0.4, 0.5) is 4.39 Å². The van der Waals surface area contributed by atoms with Gasteiger partial charge in [-0.05, 0) is 12.1 Å². The fourth-order valence-electron chi connectivity index (χ4n) is 2.45. The summed E-state index contributed by atoms with van der Waals surface area (Å²) in [6.45, 7) is -0.239. The number of halogens is 2. The number of ether oxygens (including phenoxy) is 2. The zero-order chi connectivity index (χ0) is 22.8. The Morgan fingerprint density at radius 1 is 1.29 bits per heavy atom. The molecule has 0 aliphatic carbocycles. The Bertz CT molecular complexity index is 879. The molecule has 1 aromatic carbocycles. The van der Waals surface area contributed by atoms with Gasteiger partial charge in [-0.2, -0.15) is 0 Å². The molecule has 1 aromatic heterocycles. The Kier molecular flexibility index (Phi) is 9.60. The second-order valence-corrected chi connectivity index (χ2v) is 6.72. The van der Waals surface area contributed by atoms with E-state index in [-0.39, 0.29) is 36.1 Å². The maximum Gasteiger partial charge on any atom is 0.475 e. The van der Waals surface area contributed by atoms with Crippen LogP contribution in [0.25, 0.3) is 0 Å². The van der Waals surface area contributed by atoms with Crippen molar-refractivity contribution in [1.82, 2.24) is 20.6 Å². The number of methoxy groups -OCH3 is 1. The van der Waals surface area contributed by atoms with Crippen LogP contribution in [-0.2, 0) is 9.53 Å². The second kappa shape index (κ2) is 12.2. The number of carbonyl (C=O) groups is 2. The molecule has 1 heterocycles. The molecule has 0 radical (unpaired) electrons. The first kappa shape index (κ1) is 24.5. The highest BCUT2D eigenvalue weighted by Gasteiger charge is 2.29. The van der Waals surface area contributed by atoms with Crippen molar-refractivity contribution in [3.8, 4) is 5.75 Å². The highest BCUT2D eigenvalue weighted by molar-refractivity contribution is 6.43. The van der Waals surface area contributed by atoms with Gasteiger partial charge in [-0.15, -0.1) is 0 Å². The molecule has 2 atom stereocenters. The molecule has 0 bridgehead atoms. The third-order valence-electron chi connectivity index (χ3n) is 4.03. The lowest BCUT2D eigenvalue weighted by Crippen LogP contribution is -2.55. The number of nitrogens with one attached hydrogen (secondary N) is 2. The standard InChI is InChI=1S/C18H21BClFN4O6/c1-30-10-15(24-17(26)14-9-22-5-6-23-14)18(27)25-16(19(28)29)4-7-31-11-2-3-12(20)13(21)8-11/h2-3,5-6,8-9,15-16,28-29H,4,7,10H2,1H3,(H,24,26)(H,25,27)/t15-,16+/m1/s1. The topological polar surface area (TPSA) is 143 Å². The van der Waals surface area contributed by atoms with Gasteiger partial charge < -0.3 is 30.2 Å². The number of aromatic nitrogens is 2. The molecule has 0 saturated heterocycles. The summed E-state index contributed by atoms with van der Waals surface area (Å²) in [4.78, 5) is 32.4. The summed E-state index contributed by atoms with van der Waals surface area (Å²) < 4.78 is 23.8. The van der Waals surface area contributed by atoms with Gasteiger partial charge in [-0.25, -0.2) is 9.37 Å². The summed E-state index contributed by atoms with van der Waals surface area (Å²) >= 11 is 5.60. The van der Waals surface area contributed by atoms with Crippen molar-refractivity contribution < 1.29 is 33.5 Å². The maximum atomic E-state index is 13.4. The van der Waals surface area contributed by atoms with Gasteiger partial charge in [-0.3, -0.25) is 14.6 Å². The van der Waals surface area contributed by atoms with Crippen molar-refractivity contribution in [2.75, 3.05) is 20.3 Å². The van der Waals surface area contributed by atoms with Gasteiger partial charge in [0, 0.05) is 32.0 Å². The van der Waals surface area contributed by atoms with Gasteiger partial charge >= 0.3 is 7.12 Å². The SMILES string of the molecule is COC[C@@H](NC(=O)c1cnccn1)C(=O)N[C@@H](CCOc1ccc(Cl)c(F)c1)B(O)O. The molecule has 2 amide bonds. The van der Waals surface area contributed by atoms with Crippen LogP contribution < -0.4 is 15.4 Å². The smallest absolute Gasteiger partial charge is 0.475 e. The van der Waals surface area contributed by atoms with Crippen molar-refractivity contribution in [2.24, 2.45) is 0 Å². The van der Waals surface area contributed by atoms with E-state index < -0.39 is 36.7 Å². The third-order valence-corrected chi connectivity index (χ3v) is 4.33. The largest absolute Gasteiger partial charge is 0.493 e. The first-order valence-electron chi connectivity index (χ1n) is 9.12. The van der Waals surface area contributed by atoms with E-state index in [0.29, 0.717) is 0 Å². The van der Waals surface area contributed by atoms with Crippen molar-refractivity contribution in [2.45, 2.75) is 18.4 Å². The second-order valence-electron chi connectivity index (χ2n) is 6.31. The molecule has 2 rings (SSSR count). The van der Waals surface area contributed by atoms with Crippen LogP contribution in [0.5, 0.6) is 5.75 Å². The van der Waals surface area contributed by atoms with Crippen molar-refractivity contribution in [1.29, 1.82) is 0 Å². The number of amides is 2. The number of benzene rings is 1. The van der Waals surface area contributed by atoms with Crippen LogP contribution in [0.15, 0.2) is 36.8 Å². The lowest BCUT2D eigenvalue weighted by Gasteiger charge is -2.22. The summed E-state index contributed by atoms with van der Waals surface area (Å²) in [5.74, 6) is -2.97. The molecule has 0 aliphatic heterocycles. The van der Waals surface area contributed by atoms with E-state index >= 15 is 0 Å². The van der Waals surface area contributed by atoms with E-state index in [1.165, 1.54) is 37.8 Å². The predicted octanol–water partition coefficient (Wildman–Crippen LogP) is -0.0202. The van der Waals surface area contributed by atoms with E-state index in [4.69, 9.17) is 21.1 Å². The van der Waals surface area contributed by atoms with Crippen LogP contribution in [-0.4, -0.2) is 71.3 Å². The van der Waals surface area contributed by atoms with Crippen LogP contribution in [0.1, 0.15) is 16.9 Å². The summed E-state index contributed by atoms with van der Waals surface area (Å²) in [5.41, 5.74) is -0.00116. The molecule has 166 valence electrons. The number of carbonyl (C=O) groups excluding carboxylic acids is 2. The minimum atomic E-state index is -1.91. The molecule has 10 nitrogen and oxygen atoms in total. The Morgan fingerprint density at radius 2 is 2.06 bits per heavy atom. The zero-order valence-corrected chi connectivity index (χ0v) is 17.3. The van der Waals surface area contributed by atoms with Gasteiger partial charge in [0.15, 0.2) is 0 Å². The third kappa shape index (κ3) is 7.76. The molecular formula is C18H21BClFN4O6. The fraction of sp³-hybridized carbons (Fsp3) is 0.333. The molecule has 4 N–H and O–H groups in total. The van der Waals surface area contributed by atoms with Crippen molar-refractivity contribution >= 4 is 30.5 Å². The lowest BCUT2D eigenvalue weighted by atomic mass is 9.77. The Labute approximate surface area is 182 Å². The van der Waals surface area contributed by atoms with Gasteiger partial charge in [-0.1, -0.05) is 11.6 Å². The molecule has 0 spiro atoms. The summed E-state index contributed by atoms with van der Waals surface area (Å²) in [5, 5.41) is 24.0. The Morgan fingerprint density at radius 3 is 2.68 bits per heavy atom. The minimum Gasteiger partial charge on any atom is -0.493 e. The normalized spacial score (nSPS) is 12.5. The summed E-state index contributed by atoms with van der Waals surface area (Å²) in [6, 6.07) is 2.72. The first-order valence-corrected chi connectivity index (χ1v) is 9.49. The number of rotatable bonds is 11. The average Bonchev–Trinajstić information content (AvgIpc) is 2.75. The van der Waals surface area contributed by atoms with Crippen molar-refractivity contribution in [3.63, 3.8) is 0 Å². The molecule has 0 saturated carbocycles. The highest BCUT2D eigenvalue weighted by atomic mass is 35.5. The monoisotopic (exact) mass is 454 g/mol. The minimum absolute atomic E-state index is 0.00116. The number of hydrogen-bond acceptors (Lipinski definition) is 8. The molecule has 0 unspecified atom stereocenters. The molecule has 2 aromatic rings. The summed E-state index contributed by atoms with van der Waals surface area (Å²) in [6.07, 6.45) is 3.93. The van der Waals surface area contributed by atoms with Crippen LogP contribution in [0.3, 0.4) is 0 Å². The lowest BCUT2D eigenvalue weighted by molar-refractivity contribution is -0.124. The van der Waals surface area contributed by atoms with Gasteiger partial charge in [0.1, 0.15) is 23.3 Å².